The Morgan fingerprint density at radius 1 is 1.60 bits per heavy atom. The Morgan fingerprint density at radius 3 is 3.13 bits per heavy atom. The Balaban J connectivity index is 1.92. The van der Waals surface area contributed by atoms with Crippen LogP contribution in [0, 0.1) is 6.92 Å². The normalized spacial score (nSPS) is 23.2. The van der Waals surface area contributed by atoms with Crippen molar-refractivity contribution in [3.8, 4) is 0 Å². The van der Waals surface area contributed by atoms with Gasteiger partial charge in [-0.1, -0.05) is 6.92 Å². The molecule has 1 atom stereocenters. The summed E-state index contributed by atoms with van der Waals surface area (Å²) in [6, 6.07) is 0. The zero-order chi connectivity index (χ0) is 10.7. The largest absolute Gasteiger partial charge is 0.374 e. The van der Waals surface area contributed by atoms with Crippen molar-refractivity contribution < 1.29 is 4.74 Å². The summed E-state index contributed by atoms with van der Waals surface area (Å²) in [5.74, 6) is 1.06. The number of nitrogens with zero attached hydrogens (tertiary/aromatic N) is 3. The lowest BCUT2D eigenvalue weighted by atomic mass is 10.2. The number of hydrogen-bond donors (Lipinski definition) is 0. The molecule has 0 radical (unpaired) electrons. The molecule has 0 saturated carbocycles. The zero-order valence-electron chi connectivity index (χ0n) is 9.52. The topological polar surface area (TPSA) is 30.3 Å². The van der Waals surface area contributed by atoms with Crippen molar-refractivity contribution in [2.45, 2.75) is 26.5 Å². The first-order valence-electron chi connectivity index (χ1n) is 5.61. The quantitative estimate of drug-likeness (QED) is 0.741. The molecule has 0 amide bonds. The third-order valence-electron chi connectivity index (χ3n) is 2.99. The fraction of sp³-hybridized carbons (Fsp3) is 0.727. The lowest BCUT2D eigenvalue weighted by Crippen LogP contribution is -2.43. The van der Waals surface area contributed by atoms with E-state index in [-0.39, 0.29) is 0 Å². The second-order valence-electron chi connectivity index (χ2n) is 4.01. The van der Waals surface area contributed by atoms with E-state index < -0.39 is 0 Å². The van der Waals surface area contributed by atoms with Gasteiger partial charge in [-0.25, -0.2) is 4.98 Å². The van der Waals surface area contributed by atoms with Crippen LogP contribution in [0.4, 0.5) is 0 Å². The molecular formula is C11H19N3O. The van der Waals surface area contributed by atoms with Gasteiger partial charge >= 0.3 is 0 Å². The lowest BCUT2D eigenvalue weighted by Gasteiger charge is -2.32. The van der Waals surface area contributed by atoms with Crippen LogP contribution in [0.25, 0.3) is 0 Å². The maximum Gasteiger partial charge on any atom is 0.105 e. The van der Waals surface area contributed by atoms with Crippen molar-refractivity contribution in [1.82, 2.24) is 14.5 Å². The molecule has 0 aliphatic carbocycles. The van der Waals surface area contributed by atoms with Gasteiger partial charge in [-0.05, 0) is 13.5 Å². The Bertz CT molecular complexity index is 311. The Hall–Kier alpha value is -0.870. The molecule has 1 aromatic rings. The van der Waals surface area contributed by atoms with Crippen LogP contribution in [-0.2, 0) is 11.3 Å². The highest BCUT2D eigenvalue weighted by atomic mass is 16.5. The first-order valence-corrected chi connectivity index (χ1v) is 5.61. The van der Waals surface area contributed by atoms with Gasteiger partial charge in [0.25, 0.3) is 0 Å². The van der Waals surface area contributed by atoms with Crippen molar-refractivity contribution in [2.24, 2.45) is 0 Å². The molecule has 1 saturated heterocycles. The van der Waals surface area contributed by atoms with E-state index in [9.17, 15) is 0 Å². The molecule has 2 heterocycles. The summed E-state index contributed by atoms with van der Waals surface area (Å²) in [6.07, 6.45) is 4.17. The van der Waals surface area contributed by atoms with E-state index in [1.54, 1.807) is 0 Å². The van der Waals surface area contributed by atoms with Crippen LogP contribution >= 0.6 is 0 Å². The van der Waals surface area contributed by atoms with E-state index in [1.165, 1.54) is 0 Å². The second kappa shape index (κ2) is 4.77. The molecule has 1 unspecified atom stereocenters. The Morgan fingerprint density at radius 2 is 2.47 bits per heavy atom. The summed E-state index contributed by atoms with van der Waals surface area (Å²) in [5, 5.41) is 0. The van der Waals surface area contributed by atoms with E-state index in [4.69, 9.17) is 4.74 Å². The molecule has 1 aliphatic rings. The van der Waals surface area contributed by atoms with Gasteiger partial charge in [-0.3, -0.25) is 4.90 Å². The molecule has 0 N–H and O–H groups in total. The smallest absolute Gasteiger partial charge is 0.105 e. The lowest BCUT2D eigenvalue weighted by molar-refractivity contribution is -0.0345. The summed E-state index contributed by atoms with van der Waals surface area (Å²) in [7, 11) is 0. The van der Waals surface area contributed by atoms with Gasteiger partial charge in [0.15, 0.2) is 0 Å². The highest BCUT2D eigenvalue weighted by molar-refractivity contribution is 4.89. The molecule has 0 aromatic carbocycles. The molecule has 1 aromatic heterocycles. The molecule has 1 aliphatic heterocycles. The minimum absolute atomic E-state index is 0.312. The van der Waals surface area contributed by atoms with Gasteiger partial charge < -0.3 is 9.30 Å². The molecule has 15 heavy (non-hydrogen) atoms. The Kier molecular flexibility index (Phi) is 3.38. The van der Waals surface area contributed by atoms with Gasteiger partial charge in [0.05, 0.1) is 19.3 Å². The van der Waals surface area contributed by atoms with E-state index in [1.807, 2.05) is 19.3 Å². The summed E-state index contributed by atoms with van der Waals surface area (Å²) >= 11 is 0. The number of hydrogen-bond acceptors (Lipinski definition) is 3. The second-order valence-corrected chi connectivity index (χ2v) is 4.01. The summed E-state index contributed by atoms with van der Waals surface area (Å²) in [4.78, 5) is 6.65. The van der Waals surface area contributed by atoms with Gasteiger partial charge in [0.2, 0.25) is 0 Å². The molecule has 1 fully saturated rings. The average molecular weight is 209 g/mol. The predicted molar refractivity (Wildman–Crippen MR) is 58.8 cm³/mol. The van der Waals surface area contributed by atoms with Crippen molar-refractivity contribution >= 4 is 0 Å². The monoisotopic (exact) mass is 209 g/mol. The number of likely N-dealkylation sites (N-methyl/N-ethyl adjacent to an activating group) is 1. The van der Waals surface area contributed by atoms with Crippen LogP contribution in [0.5, 0.6) is 0 Å². The van der Waals surface area contributed by atoms with Crippen molar-refractivity contribution in [3.05, 3.63) is 18.2 Å². The van der Waals surface area contributed by atoms with Gasteiger partial charge in [0.1, 0.15) is 5.82 Å². The van der Waals surface area contributed by atoms with Gasteiger partial charge in [-0.15, -0.1) is 0 Å². The maximum atomic E-state index is 5.75. The van der Waals surface area contributed by atoms with E-state index in [0.717, 1.165) is 38.6 Å². The first-order chi connectivity index (χ1) is 7.29. The van der Waals surface area contributed by atoms with Crippen LogP contribution < -0.4 is 0 Å². The van der Waals surface area contributed by atoms with Gasteiger partial charge in [-0.2, -0.15) is 0 Å². The number of aryl methyl sites for hydroxylation is 1. The number of aromatic nitrogens is 2. The van der Waals surface area contributed by atoms with Gasteiger partial charge in [0, 0.05) is 25.5 Å². The van der Waals surface area contributed by atoms with Crippen molar-refractivity contribution in [1.29, 1.82) is 0 Å². The van der Waals surface area contributed by atoms with Crippen LogP contribution in [0.15, 0.2) is 12.4 Å². The van der Waals surface area contributed by atoms with Crippen molar-refractivity contribution in [3.63, 3.8) is 0 Å². The standard InChI is InChI=1S/C11H19N3O/c1-3-13-6-7-15-11(8-13)9-14-5-4-12-10(14)2/h4-5,11H,3,6-9H2,1-2H3. The zero-order valence-corrected chi connectivity index (χ0v) is 9.52. The molecular weight excluding hydrogens is 190 g/mol. The fourth-order valence-corrected chi connectivity index (χ4v) is 1.99. The van der Waals surface area contributed by atoms with Crippen LogP contribution in [0.2, 0.25) is 0 Å². The van der Waals surface area contributed by atoms with Crippen LogP contribution in [0.1, 0.15) is 12.7 Å². The third kappa shape index (κ3) is 2.58. The highest BCUT2D eigenvalue weighted by Crippen LogP contribution is 2.08. The molecule has 0 bridgehead atoms. The number of imidazole rings is 1. The average Bonchev–Trinajstić information content (AvgIpc) is 2.65. The number of morpholine rings is 1. The number of ether oxygens (including phenoxy) is 1. The molecule has 4 heteroatoms. The summed E-state index contributed by atoms with van der Waals surface area (Å²) in [6.45, 7) is 9.21. The fourth-order valence-electron chi connectivity index (χ4n) is 1.99. The molecule has 4 nitrogen and oxygen atoms in total. The third-order valence-corrected chi connectivity index (χ3v) is 2.99. The van der Waals surface area contributed by atoms with Crippen LogP contribution in [0.3, 0.4) is 0 Å². The summed E-state index contributed by atoms with van der Waals surface area (Å²) < 4.78 is 7.90. The maximum absolute atomic E-state index is 5.75. The SMILES string of the molecule is CCN1CCOC(Cn2ccnc2C)C1. The first kappa shape index (κ1) is 10.6. The van der Waals surface area contributed by atoms with E-state index in [2.05, 4.69) is 21.4 Å². The molecule has 0 spiro atoms. The molecule has 84 valence electrons. The minimum atomic E-state index is 0.312. The molecule has 2 rings (SSSR count). The van der Waals surface area contributed by atoms with E-state index >= 15 is 0 Å². The highest BCUT2D eigenvalue weighted by Gasteiger charge is 2.19. The van der Waals surface area contributed by atoms with Crippen LogP contribution in [-0.4, -0.2) is 46.8 Å². The van der Waals surface area contributed by atoms with E-state index in [0.29, 0.717) is 6.10 Å². The summed E-state index contributed by atoms with van der Waals surface area (Å²) in [5.41, 5.74) is 0. The van der Waals surface area contributed by atoms with Crippen molar-refractivity contribution in [2.75, 3.05) is 26.2 Å². The predicted octanol–water partition coefficient (Wildman–Crippen LogP) is 0.912. The number of rotatable bonds is 3. The Labute approximate surface area is 90.9 Å². The minimum Gasteiger partial charge on any atom is -0.374 e.